The molecule has 1 N–H and O–H groups in total. The topological polar surface area (TPSA) is 96.0 Å². The molecule has 2 aliphatic heterocycles. The van der Waals surface area contributed by atoms with Crippen LogP contribution in [-0.4, -0.2) is 57.4 Å². The molecule has 1 atom stereocenters. The molecule has 2 saturated heterocycles. The summed E-state index contributed by atoms with van der Waals surface area (Å²) in [6, 6.07) is 10.6. The van der Waals surface area contributed by atoms with Crippen LogP contribution < -0.4 is 10.2 Å². The molecule has 2 fully saturated rings. The van der Waals surface area contributed by atoms with Gasteiger partial charge >= 0.3 is 0 Å². The summed E-state index contributed by atoms with van der Waals surface area (Å²) in [4.78, 5) is 27.7. The molecule has 0 aliphatic carbocycles. The van der Waals surface area contributed by atoms with E-state index in [9.17, 15) is 18.0 Å². The van der Waals surface area contributed by atoms with Gasteiger partial charge in [-0.3, -0.25) is 9.59 Å². The highest BCUT2D eigenvalue weighted by Crippen LogP contribution is 2.29. The number of carbonyl (C=O) groups is 2. The smallest absolute Gasteiger partial charge is 0.243 e. The number of carbonyl (C=O) groups excluding carboxylic acids is 2. The van der Waals surface area contributed by atoms with Gasteiger partial charge in [0, 0.05) is 31.0 Å². The number of sulfonamides is 1. The normalized spacial score (nSPS) is 19.7. The van der Waals surface area contributed by atoms with E-state index in [0.29, 0.717) is 50.5 Å². The fourth-order valence-corrected chi connectivity index (χ4v) is 5.84. The summed E-state index contributed by atoms with van der Waals surface area (Å²) in [7, 11) is -3.71. The molecule has 176 valence electrons. The van der Waals surface area contributed by atoms with Crippen LogP contribution in [0.25, 0.3) is 0 Å². The number of hydrogen-bond donors (Lipinski definition) is 1. The Morgan fingerprint density at radius 3 is 2.36 bits per heavy atom. The van der Waals surface area contributed by atoms with E-state index in [0.717, 1.165) is 16.8 Å². The highest BCUT2D eigenvalue weighted by molar-refractivity contribution is 7.89. The van der Waals surface area contributed by atoms with Crippen LogP contribution in [-0.2, 0) is 24.3 Å². The molecule has 2 amide bonds. The second-order valence-corrected chi connectivity index (χ2v) is 10.5. The van der Waals surface area contributed by atoms with Gasteiger partial charge < -0.3 is 15.0 Å². The molecule has 2 aromatic carbocycles. The summed E-state index contributed by atoms with van der Waals surface area (Å²) in [6.07, 6.45) is 0.405. The molecule has 0 saturated carbocycles. The molecule has 0 aromatic heterocycles. The first-order valence-corrected chi connectivity index (χ1v) is 12.5. The van der Waals surface area contributed by atoms with Crippen LogP contribution in [0, 0.1) is 26.7 Å². The van der Waals surface area contributed by atoms with Crippen molar-refractivity contribution in [2.24, 2.45) is 5.92 Å². The zero-order chi connectivity index (χ0) is 23.8. The third-order valence-electron chi connectivity index (χ3n) is 6.37. The number of anilines is 2. The van der Waals surface area contributed by atoms with Crippen LogP contribution >= 0.6 is 0 Å². The monoisotopic (exact) mass is 471 g/mol. The van der Waals surface area contributed by atoms with Crippen molar-refractivity contribution in [3.8, 4) is 0 Å². The van der Waals surface area contributed by atoms with E-state index in [-0.39, 0.29) is 10.8 Å². The van der Waals surface area contributed by atoms with Crippen molar-refractivity contribution in [2.75, 3.05) is 43.1 Å². The molecular weight excluding hydrogens is 442 g/mol. The Bertz CT molecular complexity index is 1190. The Kier molecular flexibility index (Phi) is 6.56. The SMILES string of the molecule is Cc1ccc(N2CCC(C(=O)Nc3ccc(C)c(S(=O)(=O)N4CCOCC4)c3)C2=O)cc1C. The Morgan fingerprint density at radius 1 is 0.970 bits per heavy atom. The number of hydrogen-bond acceptors (Lipinski definition) is 5. The lowest BCUT2D eigenvalue weighted by molar-refractivity contribution is -0.129. The summed E-state index contributed by atoms with van der Waals surface area (Å²) < 4.78 is 32.9. The van der Waals surface area contributed by atoms with Gasteiger partial charge in [0.25, 0.3) is 0 Å². The Hall–Kier alpha value is -2.75. The first kappa shape index (κ1) is 23.4. The highest BCUT2D eigenvalue weighted by atomic mass is 32.2. The number of nitrogens with one attached hydrogen (secondary N) is 1. The zero-order valence-electron chi connectivity index (χ0n) is 19.1. The molecule has 2 heterocycles. The van der Waals surface area contributed by atoms with Crippen LogP contribution in [0.15, 0.2) is 41.3 Å². The number of nitrogens with zero attached hydrogens (tertiary/aromatic N) is 2. The molecule has 4 rings (SSSR count). The minimum Gasteiger partial charge on any atom is -0.379 e. The van der Waals surface area contributed by atoms with Gasteiger partial charge in [-0.25, -0.2) is 8.42 Å². The average Bonchev–Trinajstić information content (AvgIpc) is 3.19. The number of morpholine rings is 1. The third kappa shape index (κ3) is 4.66. The Balaban J connectivity index is 1.50. The van der Waals surface area contributed by atoms with Gasteiger partial charge in [-0.2, -0.15) is 4.31 Å². The summed E-state index contributed by atoms with van der Waals surface area (Å²) in [6.45, 7) is 7.49. The Labute approximate surface area is 194 Å². The van der Waals surface area contributed by atoms with Gasteiger partial charge in [-0.1, -0.05) is 12.1 Å². The first-order valence-electron chi connectivity index (χ1n) is 11.1. The van der Waals surface area contributed by atoms with Crippen molar-refractivity contribution in [1.29, 1.82) is 0 Å². The van der Waals surface area contributed by atoms with Gasteiger partial charge in [0.1, 0.15) is 5.92 Å². The van der Waals surface area contributed by atoms with Crippen LogP contribution in [0.4, 0.5) is 11.4 Å². The largest absolute Gasteiger partial charge is 0.379 e. The summed E-state index contributed by atoms with van der Waals surface area (Å²) in [5.74, 6) is -1.49. The number of ether oxygens (including phenoxy) is 1. The van der Waals surface area contributed by atoms with Gasteiger partial charge in [0.15, 0.2) is 0 Å². The number of amides is 2. The molecular formula is C24H29N3O5S. The van der Waals surface area contributed by atoms with Gasteiger partial charge in [0.2, 0.25) is 21.8 Å². The lowest BCUT2D eigenvalue weighted by Crippen LogP contribution is -2.40. The fourth-order valence-electron chi connectivity index (χ4n) is 4.18. The number of rotatable bonds is 5. The van der Waals surface area contributed by atoms with Crippen molar-refractivity contribution in [3.63, 3.8) is 0 Å². The van der Waals surface area contributed by atoms with Gasteiger partial charge in [0.05, 0.1) is 18.1 Å². The maximum atomic E-state index is 13.1. The van der Waals surface area contributed by atoms with Crippen LogP contribution in [0.2, 0.25) is 0 Å². The number of aryl methyl sites for hydroxylation is 3. The summed E-state index contributed by atoms with van der Waals surface area (Å²) >= 11 is 0. The standard InChI is InChI=1S/C24H29N3O5S/c1-16-5-7-20(14-18(16)3)27-9-8-21(24(27)29)23(28)25-19-6-4-17(2)22(15-19)33(30,31)26-10-12-32-13-11-26/h4-7,14-15,21H,8-13H2,1-3H3,(H,25,28). The predicted molar refractivity (Wildman–Crippen MR) is 126 cm³/mol. The average molecular weight is 472 g/mol. The second kappa shape index (κ2) is 9.24. The minimum atomic E-state index is -3.71. The van der Waals surface area contributed by atoms with E-state index in [2.05, 4.69) is 5.32 Å². The third-order valence-corrected chi connectivity index (χ3v) is 8.41. The fraction of sp³-hybridized carbons (Fsp3) is 0.417. The minimum absolute atomic E-state index is 0.150. The van der Waals surface area contributed by atoms with E-state index in [1.807, 2.05) is 32.0 Å². The highest BCUT2D eigenvalue weighted by Gasteiger charge is 2.38. The van der Waals surface area contributed by atoms with Crippen molar-refractivity contribution in [2.45, 2.75) is 32.1 Å². The summed E-state index contributed by atoms with van der Waals surface area (Å²) in [5.41, 5.74) is 3.96. The van der Waals surface area contributed by atoms with Crippen molar-refractivity contribution in [1.82, 2.24) is 4.31 Å². The molecule has 2 aliphatic rings. The van der Waals surface area contributed by atoms with E-state index in [1.54, 1.807) is 24.0 Å². The van der Waals surface area contributed by atoms with Crippen molar-refractivity contribution >= 4 is 33.2 Å². The first-order chi connectivity index (χ1) is 15.7. The van der Waals surface area contributed by atoms with Crippen LogP contribution in [0.1, 0.15) is 23.1 Å². The molecule has 2 aromatic rings. The van der Waals surface area contributed by atoms with E-state index >= 15 is 0 Å². The van der Waals surface area contributed by atoms with Crippen molar-refractivity contribution < 1.29 is 22.7 Å². The van der Waals surface area contributed by atoms with Crippen LogP contribution in [0.3, 0.4) is 0 Å². The lowest BCUT2D eigenvalue weighted by Gasteiger charge is -2.27. The van der Waals surface area contributed by atoms with Crippen LogP contribution in [0.5, 0.6) is 0 Å². The quantitative estimate of drug-likeness (QED) is 0.677. The summed E-state index contributed by atoms with van der Waals surface area (Å²) in [5, 5.41) is 2.76. The Morgan fingerprint density at radius 2 is 1.67 bits per heavy atom. The molecule has 1 unspecified atom stereocenters. The molecule has 8 nitrogen and oxygen atoms in total. The number of benzene rings is 2. The van der Waals surface area contributed by atoms with E-state index in [4.69, 9.17) is 4.74 Å². The molecule has 0 bridgehead atoms. The van der Waals surface area contributed by atoms with Gasteiger partial charge in [-0.05, 0) is 68.1 Å². The van der Waals surface area contributed by atoms with E-state index in [1.165, 1.54) is 10.4 Å². The maximum Gasteiger partial charge on any atom is 0.243 e. The second-order valence-electron chi connectivity index (χ2n) is 8.59. The molecule has 33 heavy (non-hydrogen) atoms. The molecule has 9 heteroatoms. The van der Waals surface area contributed by atoms with Crippen molar-refractivity contribution in [3.05, 3.63) is 53.1 Å². The predicted octanol–water partition coefficient (Wildman–Crippen LogP) is 2.62. The molecule has 0 radical (unpaired) electrons. The molecule has 0 spiro atoms. The maximum absolute atomic E-state index is 13.1. The zero-order valence-corrected chi connectivity index (χ0v) is 19.9. The van der Waals surface area contributed by atoms with Gasteiger partial charge in [-0.15, -0.1) is 0 Å². The lowest BCUT2D eigenvalue weighted by atomic mass is 10.1. The van der Waals surface area contributed by atoms with E-state index < -0.39 is 21.8 Å².